The van der Waals surface area contributed by atoms with Crippen LogP contribution >= 0.6 is 0 Å². The summed E-state index contributed by atoms with van der Waals surface area (Å²) in [5.41, 5.74) is 0.356. The summed E-state index contributed by atoms with van der Waals surface area (Å²) in [7, 11) is 0. The Labute approximate surface area is 70.8 Å². The van der Waals surface area contributed by atoms with Crippen LogP contribution in [0, 0.1) is 0 Å². The topological polar surface area (TPSA) is 3.24 Å². The highest BCUT2D eigenvalue weighted by Gasteiger charge is 2.37. The van der Waals surface area contributed by atoms with Gasteiger partial charge < -0.3 is 0 Å². The molecule has 1 aliphatic rings. The third-order valence-electron chi connectivity index (χ3n) is 2.27. The first-order valence-electron chi connectivity index (χ1n) is 4.71. The molecular weight excluding hydrogens is 134 g/mol. The second kappa shape index (κ2) is 2.78. The molecule has 0 spiro atoms. The highest BCUT2D eigenvalue weighted by atomic mass is 15.3. The van der Waals surface area contributed by atoms with Crippen molar-refractivity contribution in [3.05, 3.63) is 0 Å². The minimum Gasteiger partial charge on any atom is -0.293 e. The fourth-order valence-electron chi connectivity index (χ4n) is 2.10. The van der Waals surface area contributed by atoms with E-state index in [1.54, 1.807) is 0 Å². The molecule has 0 bridgehead atoms. The average molecular weight is 155 g/mol. The van der Waals surface area contributed by atoms with Crippen LogP contribution in [-0.4, -0.2) is 22.5 Å². The van der Waals surface area contributed by atoms with Gasteiger partial charge in [-0.2, -0.15) is 0 Å². The standard InChI is InChI=1S/C10H21N/c1-8(2)11(9-6-7-9)10(3,4)5/h8-9H,6-7H2,1-5H3. The first-order valence-corrected chi connectivity index (χ1v) is 4.71. The minimum absolute atomic E-state index is 0.356. The predicted octanol–water partition coefficient (Wildman–Crippen LogP) is 2.66. The van der Waals surface area contributed by atoms with Crippen molar-refractivity contribution < 1.29 is 0 Å². The van der Waals surface area contributed by atoms with Gasteiger partial charge in [-0.15, -0.1) is 0 Å². The molecule has 0 aliphatic heterocycles. The Morgan fingerprint density at radius 1 is 1.18 bits per heavy atom. The van der Waals surface area contributed by atoms with Crippen LogP contribution in [-0.2, 0) is 0 Å². The van der Waals surface area contributed by atoms with E-state index < -0.39 is 0 Å². The number of hydrogen-bond donors (Lipinski definition) is 0. The lowest BCUT2D eigenvalue weighted by Gasteiger charge is -2.39. The van der Waals surface area contributed by atoms with Crippen molar-refractivity contribution in [2.45, 2.75) is 65.1 Å². The molecule has 1 heteroatoms. The molecule has 0 N–H and O–H groups in total. The Morgan fingerprint density at radius 3 is 1.73 bits per heavy atom. The van der Waals surface area contributed by atoms with E-state index in [1.807, 2.05) is 0 Å². The highest BCUT2D eigenvalue weighted by Crippen LogP contribution is 2.34. The molecule has 0 saturated heterocycles. The van der Waals surface area contributed by atoms with Crippen molar-refractivity contribution in [1.82, 2.24) is 4.90 Å². The molecule has 1 fully saturated rings. The molecule has 0 amide bonds. The van der Waals surface area contributed by atoms with E-state index in [0.29, 0.717) is 11.6 Å². The second-order valence-corrected chi connectivity index (χ2v) is 4.90. The van der Waals surface area contributed by atoms with Gasteiger partial charge in [-0.3, -0.25) is 4.90 Å². The number of nitrogens with zero attached hydrogens (tertiary/aromatic N) is 1. The molecule has 0 radical (unpaired) electrons. The molecule has 0 aromatic rings. The van der Waals surface area contributed by atoms with Crippen LogP contribution in [0.5, 0.6) is 0 Å². The van der Waals surface area contributed by atoms with Crippen LogP contribution < -0.4 is 0 Å². The summed E-state index contributed by atoms with van der Waals surface area (Å²) in [5.74, 6) is 0. The van der Waals surface area contributed by atoms with Crippen LogP contribution in [0.2, 0.25) is 0 Å². The van der Waals surface area contributed by atoms with E-state index in [-0.39, 0.29) is 0 Å². The maximum atomic E-state index is 2.63. The van der Waals surface area contributed by atoms with Crippen LogP contribution in [0.25, 0.3) is 0 Å². The summed E-state index contributed by atoms with van der Waals surface area (Å²) < 4.78 is 0. The van der Waals surface area contributed by atoms with Crippen LogP contribution in [0.1, 0.15) is 47.5 Å². The highest BCUT2D eigenvalue weighted by molar-refractivity contribution is 4.92. The third-order valence-corrected chi connectivity index (χ3v) is 2.27. The first kappa shape index (κ1) is 9.05. The van der Waals surface area contributed by atoms with Gasteiger partial charge in [0.15, 0.2) is 0 Å². The van der Waals surface area contributed by atoms with Crippen LogP contribution in [0.3, 0.4) is 0 Å². The summed E-state index contributed by atoms with van der Waals surface area (Å²) >= 11 is 0. The predicted molar refractivity (Wildman–Crippen MR) is 49.8 cm³/mol. The van der Waals surface area contributed by atoms with E-state index in [4.69, 9.17) is 0 Å². The molecule has 0 heterocycles. The molecule has 0 unspecified atom stereocenters. The van der Waals surface area contributed by atoms with Crippen LogP contribution in [0.4, 0.5) is 0 Å². The van der Waals surface area contributed by atoms with E-state index >= 15 is 0 Å². The maximum absolute atomic E-state index is 2.63. The molecule has 1 rings (SSSR count). The quantitative estimate of drug-likeness (QED) is 0.592. The molecule has 0 aromatic carbocycles. The van der Waals surface area contributed by atoms with Gasteiger partial charge in [-0.1, -0.05) is 0 Å². The molecule has 1 aliphatic carbocycles. The SMILES string of the molecule is CC(C)N(C1CC1)C(C)(C)C. The van der Waals surface area contributed by atoms with Crippen molar-refractivity contribution in [2.75, 3.05) is 0 Å². The smallest absolute Gasteiger partial charge is 0.0130 e. The molecule has 0 atom stereocenters. The Hall–Kier alpha value is -0.0400. The van der Waals surface area contributed by atoms with Crippen molar-refractivity contribution >= 4 is 0 Å². The van der Waals surface area contributed by atoms with E-state index in [9.17, 15) is 0 Å². The lowest BCUT2D eigenvalue weighted by Crippen LogP contribution is -2.47. The van der Waals surface area contributed by atoms with Gasteiger partial charge in [0.2, 0.25) is 0 Å². The van der Waals surface area contributed by atoms with E-state index in [2.05, 4.69) is 39.5 Å². The summed E-state index contributed by atoms with van der Waals surface area (Å²) in [5, 5.41) is 0. The van der Waals surface area contributed by atoms with Gasteiger partial charge in [-0.05, 0) is 47.5 Å². The van der Waals surface area contributed by atoms with Crippen LogP contribution in [0.15, 0.2) is 0 Å². The second-order valence-electron chi connectivity index (χ2n) is 4.90. The zero-order valence-electron chi connectivity index (χ0n) is 8.52. The van der Waals surface area contributed by atoms with Gasteiger partial charge in [0, 0.05) is 17.6 Å². The third kappa shape index (κ3) is 2.19. The normalized spacial score (nSPS) is 19.9. The minimum atomic E-state index is 0.356. The molecule has 11 heavy (non-hydrogen) atoms. The Morgan fingerprint density at radius 2 is 1.64 bits per heavy atom. The van der Waals surface area contributed by atoms with Gasteiger partial charge in [0.1, 0.15) is 0 Å². The fraction of sp³-hybridized carbons (Fsp3) is 1.00. The Balaban J connectivity index is 2.58. The van der Waals surface area contributed by atoms with Crippen molar-refractivity contribution in [3.63, 3.8) is 0 Å². The maximum Gasteiger partial charge on any atom is 0.0130 e. The zero-order chi connectivity index (χ0) is 8.65. The molecule has 1 saturated carbocycles. The first-order chi connectivity index (χ1) is 4.93. The van der Waals surface area contributed by atoms with E-state index in [0.717, 1.165) is 6.04 Å². The zero-order valence-corrected chi connectivity index (χ0v) is 8.52. The number of rotatable bonds is 2. The largest absolute Gasteiger partial charge is 0.293 e. The lowest BCUT2D eigenvalue weighted by atomic mass is 10.0. The molecule has 1 nitrogen and oxygen atoms in total. The van der Waals surface area contributed by atoms with Gasteiger partial charge >= 0.3 is 0 Å². The number of hydrogen-bond acceptors (Lipinski definition) is 1. The summed E-state index contributed by atoms with van der Waals surface area (Å²) in [4.78, 5) is 2.63. The van der Waals surface area contributed by atoms with Gasteiger partial charge in [0.25, 0.3) is 0 Å². The Kier molecular flexibility index (Phi) is 2.29. The van der Waals surface area contributed by atoms with Crippen molar-refractivity contribution in [1.29, 1.82) is 0 Å². The fourth-order valence-corrected chi connectivity index (χ4v) is 2.10. The lowest BCUT2D eigenvalue weighted by molar-refractivity contribution is 0.0896. The van der Waals surface area contributed by atoms with Gasteiger partial charge in [0.05, 0.1) is 0 Å². The van der Waals surface area contributed by atoms with Crippen molar-refractivity contribution in [3.8, 4) is 0 Å². The molecule has 66 valence electrons. The van der Waals surface area contributed by atoms with E-state index in [1.165, 1.54) is 12.8 Å². The summed E-state index contributed by atoms with van der Waals surface area (Å²) in [6, 6.07) is 1.58. The molecular formula is C10H21N. The average Bonchev–Trinajstić information content (AvgIpc) is 2.42. The molecule has 0 aromatic heterocycles. The summed E-state index contributed by atoms with van der Waals surface area (Å²) in [6.07, 6.45) is 2.82. The monoisotopic (exact) mass is 155 g/mol. The van der Waals surface area contributed by atoms with Gasteiger partial charge in [-0.25, -0.2) is 0 Å². The van der Waals surface area contributed by atoms with Crippen molar-refractivity contribution in [2.24, 2.45) is 0 Å². The summed E-state index contributed by atoms with van der Waals surface area (Å²) in [6.45, 7) is 11.5. The Bertz CT molecular complexity index is 126.